The van der Waals surface area contributed by atoms with Crippen molar-refractivity contribution in [2.45, 2.75) is 18.9 Å². The van der Waals surface area contributed by atoms with Gasteiger partial charge in [-0.05, 0) is 19.9 Å². The summed E-state index contributed by atoms with van der Waals surface area (Å²) >= 11 is 0. The summed E-state index contributed by atoms with van der Waals surface area (Å²) in [4.78, 5) is 18.3. The van der Waals surface area contributed by atoms with Gasteiger partial charge < -0.3 is 10.0 Å². The van der Waals surface area contributed by atoms with Gasteiger partial charge in [0.2, 0.25) is 5.91 Å². The average molecular weight is 241 g/mol. The van der Waals surface area contributed by atoms with Gasteiger partial charge in [0.15, 0.2) is 0 Å². The summed E-state index contributed by atoms with van der Waals surface area (Å²) in [6.45, 7) is 4.88. The Morgan fingerprint density at radius 2 is 1.94 bits per heavy atom. The highest BCUT2D eigenvalue weighted by atomic mass is 16.3. The number of carbonyl (C=O) groups is 1. The van der Waals surface area contributed by atoms with Crippen molar-refractivity contribution in [1.82, 2.24) is 14.7 Å². The highest BCUT2D eigenvalue weighted by Gasteiger charge is 2.29. The van der Waals surface area contributed by atoms with E-state index in [2.05, 4.69) is 9.80 Å². The van der Waals surface area contributed by atoms with Crippen molar-refractivity contribution in [2.75, 3.05) is 52.9 Å². The molecule has 0 unspecified atom stereocenters. The Labute approximate surface area is 103 Å². The predicted molar refractivity (Wildman–Crippen MR) is 65.8 cm³/mol. The van der Waals surface area contributed by atoms with Crippen LogP contribution in [0.25, 0.3) is 0 Å². The highest BCUT2D eigenvalue weighted by molar-refractivity contribution is 5.78. The van der Waals surface area contributed by atoms with Crippen molar-refractivity contribution in [1.29, 1.82) is 0 Å². The van der Waals surface area contributed by atoms with Crippen molar-refractivity contribution in [3.8, 4) is 0 Å². The molecule has 98 valence electrons. The number of rotatable bonds is 5. The Balaban J connectivity index is 1.70. The highest BCUT2D eigenvalue weighted by Crippen LogP contribution is 2.25. The molecular weight excluding hydrogens is 218 g/mol. The van der Waals surface area contributed by atoms with Crippen LogP contribution in [0.5, 0.6) is 0 Å². The fourth-order valence-corrected chi connectivity index (χ4v) is 2.32. The van der Waals surface area contributed by atoms with E-state index >= 15 is 0 Å². The first-order chi connectivity index (χ1) is 8.20. The average Bonchev–Trinajstić information content (AvgIpc) is 3.14. The van der Waals surface area contributed by atoms with Crippen molar-refractivity contribution in [2.24, 2.45) is 0 Å². The summed E-state index contributed by atoms with van der Waals surface area (Å²) in [5, 5.41) is 8.85. The van der Waals surface area contributed by atoms with Gasteiger partial charge in [-0.15, -0.1) is 0 Å². The second-order valence-electron chi connectivity index (χ2n) is 5.09. The summed E-state index contributed by atoms with van der Waals surface area (Å²) < 4.78 is 0. The lowest BCUT2D eigenvalue weighted by Crippen LogP contribution is -2.51. The van der Waals surface area contributed by atoms with Crippen LogP contribution in [-0.2, 0) is 4.79 Å². The van der Waals surface area contributed by atoms with Gasteiger partial charge in [0.1, 0.15) is 0 Å². The summed E-state index contributed by atoms with van der Waals surface area (Å²) in [5.74, 6) is 0.253. The SMILES string of the molecule is CN(CC(=O)N1CCN(CCO)CC1)C1CC1. The minimum Gasteiger partial charge on any atom is -0.395 e. The maximum absolute atomic E-state index is 12.0. The van der Waals surface area contributed by atoms with E-state index < -0.39 is 0 Å². The first kappa shape index (κ1) is 12.8. The molecule has 17 heavy (non-hydrogen) atoms. The smallest absolute Gasteiger partial charge is 0.236 e. The van der Waals surface area contributed by atoms with Crippen LogP contribution >= 0.6 is 0 Å². The molecule has 1 aliphatic carbocycles. The van der Waals surface area contributed by atoms with Gasteiger partial charge in [0, 0.05) is 38.8 Å². The van der Waals surface area contributed by atoms with E-state index in [0.717, 1.165) is 32.7 Å². The van der Waals surface area contributed by atoms with Crippen LogP contribution in [0.15, 0.2) is 0 Å². The first-order valence-corrected chi connectivity index (χ1v) is 6.52. The van der Waals surface area contributed by atoms with Gasteiger partial charge >= 0.3 is 0 Å². The third kappa shape index (κ3) is 3.66. The Bertz CT molecular complexity index is 260. The fraction of sp³-hybridized carbons (Fsp3) is 0.917. The Morgan fingerprint density at radius 1 is 1.29 bits per heavy atom. The molecule has 1 aliphatic heterocycles. The number of carbonyl (C=O) groups excluding carboxylic acids is 1. The van der Waals surface area contributed by atoms with Gasteiger partial charge in [0.25, 0.3) is 0 Å². The molecule has 0 aromatic heterocycles. The van der Waals surface area contributed by atoms with Gasteiger partial charge in [0.05, 0.1) is 13.2 Å². The lowest BCUT2D eigenvalue weighted by Gasteiger charge is -2.35. The topological polar surface area (TPSA) is 47.0 Å². The van der Waals surface area contributed by atoms with Crippen LogP contribution in [-0.4, -0.2) is 84.7 Å². The number of aliphatic hydroxyl groups is 1. The lowest BCUT2D eigenvalue weighted by molar-refractivity contribution is -0.134. The molecule has 2 fully saturated rings. The Kier molecular flexibility index (Phi) is 4.36. The van der Waals surface area contributed by atoms with E-state index in [1.54, 1.807) is 0 Å². The van der Waals surface area contributed by atoms with Crippen LogP contribution in [0.1, 0.15) is 12.8 Å². The van der Waals surface area contributed by atoms with Crippen LogP contribution in [0, 0.1) is 0 Å². The third-order valence-electron chi connectivity index (χ3n) is 3.70. The molecule has 0 aromatic rings. The van der Waals surface area contributed by atoms with Crippen molar-refractivity contribution < 1.29 is 9.90 Å². The molecule has 1 saturated heterocycles. The van der Waals surface area contributed by atoms with Gasteiger partial charge in [-0.3, -0.25) is 14.6 Å². The molecule has 0 aromatic carbocycles. The van der Waals surface area contributed by atoms with Gasteiger partial charge in [-0.1, -0.05) is 0 Å². The maximum Gasteiger partial charge on any atom is 0.236 e. The predicted octanol–water partition coefficient (Wildman–Crippen LogP) is -0.783. The van der Waals surface area contributed by atoms with Crippen LogP contribution in [0.2, 0.25) is 0 Å². The van der Waals surface area contributed by atoms with E-state index in [1.807, 2.05) is 11.9 Å². The molecule has 0 atom stereocenters. The molecule has 1 amide bonds. The molecule has 0 bridgehead atoms. The van der Waals surface area contributed by atoms with Crippen molar-refractivity contribution in [3.05, 3.63) is 0 Å². The minimum absolute atomic E-state index is 0.207. The summed E-state index contributed by atoms with van der Waals surface area (Å²) in [5.41, 5.74) is 0. The largest absolute Gasteiger partial charge is 0.395 e. The number of hydrogen-bond acceptors (Lipinski definition) is 4. The molecule has 2 aliphatic rings. The van der Waals surface area contributed by atoms with Crippen LogP contribution in [0.4, 0.5) is 0 Å². The van der Waals surface area contributed by atoms with Crippen molar-refractivity contribution >= 4 is 5.91 Å². The zero-order valence-electron chi connectivity index (χ0n) is 10.6. The van der Waals surface area contributed by atoms with E-state index in [4.69, 9.17) is 5.11 Å². The number of hydrogen-bond donors (Lipinski definition) is 1. The Hall–Kier alpha value is -0.650. The molecule has 5 heteroatoms. The number of amides is 1. The normalized spacial score (nSPS) is 22.2. The summed E-state index contributed by atoms with van der Waals surface area (Å²) in [6, 6.07) is 0.648. The third-order valence-corrected chi connectivity index (χ3v) is 3.70. The van der Waals surface area contributed by atoms with Crippen LogP contribution < -0.4 is 0 Å². The van der Waals surface area contributed by atoms with Gasteiger partial charge in [-0.2, -0.15) is 0 Å². The molecule has 1 saturated carbocycles. The molecule has 1 N–H and O–H groups in total. The standard InChI is InChI=1S/C12H23N3O2/c1-13(11-2-3-11)10-12(17)15-6-4-14(5-7-15)8-9-16/h11,16H,2-10H2,1H3. The summed E-state index contributed by atoms with van der Waals surface area (Å²) in [6.07, 6.45) is 2.49. The molecule has 0 radical (unpaired) electrons. The molecule has 2 rings (SSSR count). The zero-order valence-corrected chi connectivity index (χ0v) is 10.6. The molecule has 5 nitrogen and oxygen atoms in total. The van der Waals surface area contributed by atoms with E-state index in [0.29, 0.717) is 12.6 Å². The number of nitrogens with zero attached hydrogens (tertiary/aromatic N) is 3. The second kappa shape index (κ2) is 5.80. The van der Waals surface area contributed by atoms with E-state index in [1.165, 1.54) is 12.8 Å². The monoisotopic (exact) mass is 241 g/mol. The number of piperazine rings is 1. The number of β-amino-alcohol motifs (C(OH)–C–C–N with tert-alkyl or cyclic N) is 1. The molecular formula is C12H23N3O2. The number of aliphatic hydroxyl groups excluding tert-OH is 1. The van der Waals surface area contributed by atoms with Crippen LogP contribution in [0.3, 0.4) is 0 Å². The Morgan fingerprint density at radius 3 is 2.47 bits per heavy atom. The lowest BCUT2D eigenvalue weighted by atomic mass is 10.3. The second-order valence-corrected chi connectivity index (χ2v) is 5.09. The van der Waals surface area contributed by atoms with E-state index in [9.17, 15) is 4.79 Å². The first-order valence-electron chi connectivity index (χ1n) is 6.52. The minimum atomic E-state index is 0.207. The molecule has 0 spiro atoms. The zero-order chi connectivity index (χ0) is 12.3. The fourth-order valence-electron chi connectivity index (χ4n) is 2.32. The number of likely N-dealkylation sites (N-methyl/N-ethyl adjacent to an activating group) is 1. The van der Waals surface area contributed by atoms with Crippen molar-refractivity contribution in [3.63, 3.8) is 0 Å². The quantitative estimate of drug-likeness (QED) is 0.686. The summed E-state index contributed by atoms with van der Waals surface area (Å²) in [7, 11) is 2.04. The van der Waals surface area contributed by atoms with Gasteiger partial charge in [-0.25, -0.2) is 0 Å². The maximum atomic E-state index is 12.0. The van der Waals surface area contributed by atoms with E-state index in [-0.39, 0.29) is 12.5 Å². The molecule has 1 heterocycles.